The third kappa shape index (κ3) is 3.57. The Kier molecular flexibility index (Phi) is 4.24. The molecule has 0 saturated carbocycles. The van der Waals surface area contributed by atoms with Crippen LogP contribution in [0.2, 0.25) is 0 Å². The fourth-order valence-corrected chi connectivity index (χ4v) is 2.34. The number of rotatable bonds is 4. The molecular formula is C17H18N6O. The van der Waals surface area contributed by atoms with Crippen LogP contribution in [0.4, 0.5) is 17.3 Å². The van der Waals surface area contributed by atoms with Gasteiger partial charge in [0.25, 0.3) is 5.95 Å². The minimum atomic E-state index is -0.196. The van der Waals surface area contributed by atoms with Crippen molar-refractivity contribution in [1.82, 2.24) is 19.7 Å². The Morgan fingerprint density at radius 1 is 1.04 bits per heavy atom. The van der Waals surface area contributed by atoms with Gasteiger partial charge in [-0.15, -0.1) is 0 Å². The molecule has 0 spiro atoms. The van der Waals surface area contributed by atoms with Crippen molar-refractivity contribution in [2.45, 2.75) is 20.8 Å². The third-order valence-corrected chi connectivity index (χ3v) is 3.26. The summed E-state index contributed by atoms with van der Waals surface area (Å²) in [7, 11) is 0. The highest BCUT2D eigenvalue weighted by molar-refractivity contribution is 5.88. The first-order valence-electron chi connectivity index (χ1n) is 7.53. The number of aryl methyl sites for hydroxylation is 2. The summed E-state index contributed by atoms with van der Waals surface area (Å²) in [5, 5.41) is 10.3. The fraction of sp³-hybridized carbons (Fsp3) is 0.176. The summed E-state index contributed by atoms with van der Waals surface area (Å²) in [5.41, 5.74) is 2.68. The minimum Gasteiger partial charge on any atom is -0.340 e. The van der Waals surface area contributed by atoms with E-state index in [2.05, 4.69) is 25.7 Å². The molecule has 0 fully saturated rings. The zero-order valence-corrected chi connectivity index (χ0v) is 13.7. The van der Waals surface area contributed by atoms with E-state index in [-0.39, 0.29) is 5.91 Å². The number of carbonyl (C=O) groups is 1. The van der Waals surface area contributed by atoms with Crippen molar-refractivity contribution in [3.8, 4) is 5.95 Å². The number of nitrogens with one attached hydrogen (secondary N) is 2. The van der Waals surface area contributed by atoms with Gasteiger partial charge in [0.2, 0.25) is 5.91 Å². The Labute approximate surface area is 139 Å². The number of amides is 1. The highest BCUT2D eigenvalue weighted by Crippen LogP contribution is 2.19. The molecule has 2 heterocycles. The maximum absolute atomic E-state index is 11.4. The van der Waals surface area contributed by atoms with Gasteiger partial charge in [0.1, 0.15) is 11.6 Å². The molecule has 0 bridgehead atoms. The molecule has 0 aliphatic carbocycles. The highest BCUT2D eigenvalue weighted by Gasteiger charge is 2.11. The first kappa shape index (κ1) is 15.7. The molecule has 0 atom stereocenters. The second kappa shape index (κ2) is 6.49. The van der Waals surface area contributed by atoms with E-state index in [4.69, 9.17) is 0 Å². The quantitative estimate of drug-likeness (QED) is 0.771. The van der Waals surface area contributed by atoms with Crippen LogP contribution in [0.15, 0.2) is 42.5 Å². The van der Waals surface area contributed by atoms with Gasteiger partial charge in [-0.05, 0) is 32.0 Å². The fourth-order valence-electron chi connectivity index (χ4n) is 2.34. The normalized spacial score (nSPS) is 10.5. The lowest BCUT2D eigenvalue weighted by Gasteiger charge is -2.11. The van der Waals surface area contributed by atoms with Gasteiger partial charge in [0.05, 0.1) is 5.69 Å². The van der Waals surface area contributed by atoms with Crippen LogP contribution < -0.4 is 10.6 Å². The van der Waals surface area contributed by atoms with Gasteiger partial charge >= 0.3 is 0 Å². The van der Waals surface area contributed by atoms with Gasteiger partial charge < -0.3 is 10.6 Å². The van der Waals surface area contributed by atoms with Crippen LogP contribution in [0.25, 0.3) is 5.95 Å². The SMILES string of the molecule is CC(=O)Nc1cc(Nc2ccccc2)nc(-n2nc(C)cc2C)n1. The van der Waals surface area contributed by atoms with Gasteiger partial charge in [0, 0.05) is 24.4 Å². The second-order valence-electron chi connectivity index (χ2n) is 5.45. The number of carbonyl (C=O) groups excluding carboxylic acids is 1. The summed E-state index contributed by atoms with van der Waals surface area (Å²) < 4.78 is 1.65. The Balaban J connectivity index is 2.03. The Hall–Kier alpha value is -3.22. The van der Waals surface area contributed by atoms with Crippen LogP contribution in [-0.2, 0) is 4.79 Å². The monoisotopic (exact) mass is 322 g/mol. The van der Waals surface area contributed by atoms with Crippen LogP contribution in [-0.4, -0.2) is 25.7 Å². The van der Waals surface area contributed by atoms with Gasteiger partial charge in [-0.25, -0.2) is 4.68 Å². The van der Waals surface area contributed by atoms with Crippen molar-refractivity contribution in [2.75, 3.05) is 10.6 Å². The number of hydrogen-bond donors (Lipinski definition) is 2. The molecule has 0 aliphatic rings. The predicted molar refractivity (Wildman–Crippen MR) is 92.7 cm³/mol. The van der Waals surface area contributed by atoms with Crippen LogP contribution in [0, 0.1) is 13.8 Å². The van der Waals surface area contributed by atoms with Crippen molar-refractivity contribution in [2.24, 2.45) is 0 Å². The van der Waals surface area contributed by atoms with Crippen LogP contribution in [0.1, 0.15) is 18.3 Å². The summed E-state index contributed by atoms with van der Waals surface area (Å²) in [4.78, 5) is 20.3. The largest absolute Gasteiger partial charge is 0.340 e. The van der Waals surface area contributed by atoms with Crippen molar-refractivity contribution in [1.29, 1.82) is 0 Å². The van der Waals surface area contributed by atoms with Gasteiger partial charge in [-0.1, -0.05) is 18.2 Å². The van der Waals surface area contributed by atoms with Gasteiger partial charge in [-0.3, -0.25) is 4.79 Å². The third-order valence-electron chi connectivity index (χ3n) is 3.26. The molecule has 3 aromatic rings. The number of benzene rings is 1. The maximum atomic E-state index is 11.4. The Morgan fingerprint density at radius 3 is 2.38 bits per heavy atom. The number of hydrogen-bond acceptors (Lipinski definition) is 5. The molecular weight excluding hydrogens is 304 g/mol. The van der Waals surface area contributed by atoms with Crippen LogP contribution in [0.5, 0.6) is 0 Å². The molecule has 1 amide bonds. The van der Waals surface area contributed by atoms with Gasteiger partial charge in [-0.2, -0.15) is 15.1 Å². The summed E-state index contributed by atoms with van der Waals surface area (Å²) in [6, 6.07) is 13.3. The molecule has 24 heavy (non-hydrogen) atoms. The zero-order valence-electron chi connectivity index (χ0n) is 13.7. The second-order valence-corrected chi connectivity index (χ2v) is 5.45. The standard InChI is InChI=1S/C17H18N6O/c1-11-9-12(2)23(22-11)17-20-15(18-13(3)24)10-16(21-17)19-14-7-5-4-6-8-14/h4-10H,1-3H3,(H2,18,19,20,21,24). The predicted octanol–water partition coefficient (Wildman–Crippen LogP) is 2.98. The van der Waals surface area contributed by atoms with Crippen LogP contribution >= 0.6 is 0 Å². The Morgan fingerprint density at radius 2 is 1.75 bits per heavy atom. The van der Waals surface area contributed by atoms with E-state index in [1.54, 1.807) is 10.7 Å². The maximum Gasteiger partial charge on any atom is 0.254 e. The number of anilines is 3. The summed E-state index contributed by atoms with van der Waals surface area (Å²) in [5.74, 6) is 1.19. The Bertz CT molecular complexity index is 872. The number of nitrogens with zero attached hydrogens (tertiary/aromatic N) is 4. The lowest BCUT2D eigenvalue weighted by molar-refractivity contribution is -0.114. The van der Waals surface area contributed by atoms with Crippen molar-refractivity contribution >= 4 is 23.2 Å². The lowest BCUT2D eigenvalue weighted by atomic mass is 10.3. The highest BCUT2D eigenvalue weighted by atomic mass is 16.1. The van der Waals surface area contributed by atoms with E-state index < -0.39 is 0 Å². The van der Waals surface area contributed by atoms with E-state index in [0.29, 0.717) is 17.6 Å². The average molecular weight is 322 g/mol. The molecule has 122 valence electrons. The first-order chi connectivity index (χ1) is 11.5. The average Bonchev–Trinajstić information content (AvgIpc) is 2.86. The van der Waals surface area contributed by atoms with Crippen molar-refractivity contribution in [3.05, 3.63) is 53.9 Å². The topological polar surface area (TPSA) is 84.7 Å². The molecule has 7 heteroatoms. The van der Waals surface area contributed by atoms with Crippen LogP contribution in [0.3, 0.4) is 0 Å². The van der Waals surface area contributed by atoms with Gasteiger partial charge in [0.15, 0.2) is 0 Å². The molecule has 7 nitrogen and oxygen atoms in total. The summed E-state index contributed by atoms with van der Waals surface area (Å²) in [6.45, 7) is 5.28. The number of para-hydroxylation sites is 1. The van der Waals surface area contributed by atoms with E-state index in [0.717, 1.165) is 17.1 Å². The zero-order chi connectivity index (χ0) is 17.1. The molecule has 0 aliphatic heterocycles. The molecule has 0 saturated heterocycles. The van der Waals surface area contributed by atoms with E-state index in [1.807, 2.05) is 50.2 Å². The smallest absolute Gasteiger partial charge is 0.254 e. The molecule has 2 aromatic heterocycles. The van der Waals surface area contributed by atoms with E-state index in [9.17, 15) is 4.79 Å². The summed E-state index contributed by atoms with van der Waals surface area (Å²) in [6.07, 6.45) is 0. The molecule has 1 aromatic carbocycles. The number of aromatic nitrogens is 4. The van der Waals surface area contributed by atoms with Crippen molar-refractivity contribution < 1.29 is 4.79 Å². The lowest BCUT2D eigenvalue weighted by Crippen LogP contribution is -2.12. The molecule has 0 radical (unpaired) electrons. The van der Waals surface area contributed by atoms with E-state index in [1.165, 1.54) is 6.92 Å². The molecule has 0 unspecified atom stereocenters. The minimum absolute atomic E-state index is 0.196. The molecule has 3 rings (SSSR count). The summed E-state index contributed by atoms with van der Waals surface area (Å²) >= 11 is 0. The van der Waals surface area contributed by atoms with Crippen molar-refractivity contribution in [3.63, 3.8) is 0 Å². The first-order valence-corrected chi connectivity index (χ1v) is 7.53. The van der Waals surface area contributed by atoms with E-state index >= 15 is 0 Å². The molecule has 2 N–H and O–H groups in total.